The van der Waals surface area contributed by atoms with Crippen molar-refractivity contribution in [3.05, 3.63) is 44.5 Å². The lowest BCUT2D eigenvalue weighted by molar-refractivity contribution is -0.384. The summed E-state index contributed by atoms with van der Waals surface area (Å²) in [5, 5.41) is 14.9. The van der Waals surface area contributed by atoms with Crippen molar-refractivity contribution in [1.29, 1.82) is 0 Å². The molecule has 1 heterocycles. The number of nitro groups is 1. The average Bonchev–Trinajstić information content (AvgIpc) is 2.57. The van der Waals surface area contributed by atoms with E-state index in [1.54, 1.807) is 19.1 Å². The highest BCUT2D eigenvalue weighted by Crippen LogP contribution is 2.27. The Morgan fingerprint density at radius 2 is 2.24 bits per heavy atom. The number of nitro benzene ring substituents is 1. The first kappa shape index (κ1) is 11.6. The van der Waals surface area contributed by atoms with Gasteiger partial charge in [0.05, 0.1) is 20.8 Å². The maximum Gasteiger partial charge on any atom is 0.271 e. The summed E-state index contributed by atoms with van der Waals surface area (Å²) in [5.74, 6) is 0.419. The molecule has 2 rings (SSSR count). The first-order valence-corrected chi connectivity index (χ1v) is 5.55. The van der Waals surface area contributed by atoms with E-state index in [0.717, 1.165) is 5.69 Å². The summed E-state index contributed by atoms with van der Waals surface area (Å²) in [4.78, 5) is 10.2. The third-order valence-electron chi connectivity index (χ3n) is 2.31. The molecule has 0 spiro atoms. The topological polar surface area (TPSA) is 87.0 Å². The van der Waals surface area contributed by atoms with Crippen LogP contribution >= 0.6 is 15.9 Å². The van der Waals surface area contributed by atoms with Crippen molar-refractivity contribution in [2.24, 2.45) is 0 Å². The van der Waals surface area contributed by atoms with Gasteiger partial charge in [-0.3, -0.25) is 10.1 Å². The van der Waals surface area contributed by atoms with Gasteiger partial charge in [-0.25, -0.2) is 4.68 Å². The molecule has 17 heavy (non-hydrogen) atoms. The van der Waals surface area contributed by atoms with Crippen molar-refractivity contribution in [3.63, 3.8) is 0 Å². The van der Waals surface area contributed by atoms with Gasteiger partial charge in [-0.1, -0.05) is 6.07 Å². The Kier molecular flexibility index (Phi) is 2.84. The number of halogens is 1. The predicted molar refractivity (Wildman–Crippen MR) is 67.1 cm³/mol. The first-order chi connectivity index (χ1) is 8.00. The molecule has 0 atom stereocenters. The van der Waals surface area contributed by atoms with Gasteiger partial charge in [-0.2, -0.15) is 5.10 Å². The SMILES string of the molecule is Cc1nn(-c2cccc([N+](=O)[O-])c2)c(N)c1Br. The minimum absolute atomic E-state index is 0.00572. The molecule has 2 N–H and O–H groups in total. The zero-order chi connectivity index (χ0) is 12.6. The zero-order valence-electron chi connectivity index (χ0n) is 8.92. The van der Waals surface area contributed by atoms with Crippen LogP contribution in [0.3, 0.4) is 0 Å². The minimum atomic E-state index is -0.453. The lowest BCUT2D eigenvalue weighted by Gasteiger charge is -2.03. The minimum Gasteiger partial charge on any atom is -0.383 e. The number of aromatic nitrogens is 2. The third-order valence-corrected chi connectivity index (χ3v) is 3.29. The van der Waals surface area contributed by atoms with Crippen LogP contribution in [0.15, 0.2) is 28.7 Å². The van der Waals surface area contributed by atoms with Gasteiger partial charge in [0, 0.05) is 12.1 Å². The highest BCUT2D eigenvalue weighted by Gasteiger charge is 2.13. The Morgan fingerprint density at radius 1 is 1.53 bits per heavy atom. The molecular formula is C10H9BrN4O2. The monoisotopic (exact) mass is 296 g/mol. The van der Waals surface area contributed by atoms with Crippen LogP contribution in [0.2, 0.25) is 0 Å². The van der Waals surface area contributed by atoms with E-state index in [-0.39, 0.29) is 5.69 Å². The van der Waals surface area contributed by atoms with E-state index < -0.39 is 4.92 Å². The fourth-order valence-corrected chi connectivity index (χ4v) is 1.71. The molecule has 7 heteroatoms. The average molecular weight is 297 g/mol. The summed E-state index contributed by atoms with van der Waals surface area (Å²) in [6.45, 7) is 1.80. The van der Waals surface area contributed by atoms with Crippen molar-refractivity contribution in [2.45, 2.75) is 6.92 Å². The van der Waals surface area contributed by atoms with Crippen LogP contribution < -0.4 is 5.73 Å². The lowest BCUT2D eigenvalue weighted by Crippen LogP contribution is -2.02. The third kappa shape index (κ3) is 2.01. The van der Waals surface area contributed by atoms with Crippen LogP contribution in [-0.2, 0) is 0 Å². The summed E-state index contributed by atoms with van der Waals surface area (Å²) < 4.78 is 2.16. The number of nitrogens with two attached hydrogens (primary N) is 1. The molecule has 0 aliphatic carbocycles. The maximum atomic E-state index is 10.7. The number of hydrogen-bond acceptors (Lipinski definition) is 4. The van der Waals surface area contributed by atoms with Crippen molar-refractivity contribution in [1.82, 2.24) is 9.78 Å². The summed E-state index contributed by atoms with van der Waals surface area (Å²) in [7, 11) is 0. The molecule has 0 amide bonds. The standard InChI is InChI=1S/C10H9BrN4O2/c1-6-9(11)10(12)14(13-6)7-3-2-4-8(5-7)15(16)17/h2-5H,12H2,1H3. The molecule has 0 saturated heterocycles. The van der Waals surface area contributed by atoms with Crippen LogP contribution in [0.4, 0.5) is 11.5 Å². The second-order valence-electron chi connectivity index (χ2n) is 3.47. The molecule has 6 nitrogen and oxygen atoms in total. The highest BCUT2D eigenvalue weighted by molar-refractivity contribution is 9.10. The molecule has 0 unspecified atom stereocenters. The first-order valence-electron chi connectivity index (χ1n) is 4.76. The number of rotatable bonds is 2. The number of nitrogens with zero attached hydrogens (tertiary/aromatic N) is 3. The van der Waals surface area contributed by atoms with E-state index in [1.807, 2.05) is 0 Å². The van der Waals surface area contributed by atoms with Crippen LogP contribution in [0.5, 0.6) is 0 Å². The van der Waals surface area contributed by atoms with Crippen LogP contribution in [0, 0.1) is 17.0 Å². The molecule has 0 fully saturated rings. The molecule has 0 aliphatic heterocycles. The fraction of sp³-hybridized carbons (Fsp3) is 0.100. The summed E-state index contributed by atoms with van der Waals surface area (Å²) in [6, 6.07) is 6.15. The van der Waals surface area contributed by atoms with Gasteiger partial charge in [-0.15, -0.1) is 0 Å². The Bertz CT molecular complexity index is 594. The van der Waals surface area contributed by atoms with Crippen LogP contribution in [-0.4, -0.2) is 14.7 Å². The number of anilines is 1. The number of hydrogen-bond donors (Lipinski definition) is 1. The molecule has 0 saturated carbocycles. The molecular weight excluding hydrogens is 288 g/mol. The highest BCUT2D eigenvalue weighted by atomic mass is 79.9. The molecule has 1 aromatic carbocycles. The summed E-state index contributed by atoms with van der Waals surface area (Å²) >= 11 is 3.30. The Balaban J connectivity index is 2.56. The Hall–Kier alpha value is -1.89. The Morgan fingerprint density at radius 3 is 2.76 bits per heavy atom. The smallest absolute Gasteiger partial charge is 0.271 e. The molecule has 0 radical (unpaired) electrons. The molecule has 0 aliphatic rings. The second kappa shape index (κ2) is 4.17. The predicted octanol–water partition coefficient (Wildman–Crippen LogP) is 2.43. The van der Waals surface area contributed by atoms with E-state index in [0.29, 0.717) is 16.0 Å². The molecule has 0 bridgehead atoms. The Labute approximate surface area is 105 Å². The number of nitrogen functional groups attached to an aromatic ring is 1. The molecule has 1 aromatic heterocycles. The van der Waals surface area contributed by atoms with Gasteiger partial charge in [0.25, 0.3) is 5.69 Å². The van der Waals surface area contributed by atoms with E-state index in [2.05, 4.69) is 21.0 Å². The largest absolute Gasteiger partial charge is 0.383 e. The summed E-state index contributed by atoms with van der Waals surface area (Å²) in [6.07, 6.45) is 0. The maximum absolute atomic E-state index is 10.7. The van der Waals surface area contributed by atoms with E-state index in [4.69, 9.17) is 5.73 Å². The van der Waals surface area contributed by atoms with Gasteiger partial charge in [0.2, 0.25) is 0 Å². The number of benzene rings is 1. The number of non-ortho nitro benzene ring substituents is 1. The lowest BCUT2D eigenvalue weighted by atomic mass is 10.3. The van der Waals surface area contributed by atoms with E-state index in [9.17, 15) is 10.1 Å². The zero-order valence-corrected chi connectivity index (χ0v) is 10.5. The van der Waals surface area contributed by atoms with Crippen molar-refractivity contribution in [3.8, 4) is 5.69 Å². The van der Waals surface area contributed by atoms with Crippen molar-refractivity contribution >= 4 is 27.4 Å². The van der Waals surface area contributed by atoms with E-state index >= 15 is 0 Å². The van der Waals surface area contributed by atoms with Gasteiger partial charge >= 0.3 is 0 Å². The molecule has 88 valence electrons. The van der Waals surface area contributed by atoms with Crippen LogP contribution in [0.25, 0.3) is 5.69 Å². The normalized spacial score (nSPS) is 10.5. The number of aryl methyl sites for hydroxylation is 1. The second-order valence-corrected chi connectivity index (χ2v) is 4.27. The van der Waals surface area contributed by atoms with Crippen molar-refractivity contribution < 1.29 is 4.92 Å². The van der Waals surface area contributed by atoms with E-state index in [1.165, 1.54) is 16.8 Å². The van der Waals surface area contributed by atoms with Crippen molar-refractivity contribution in [2.75, 3.05) is 5.73 Å². The van der Waals surface area contributed by atoms with Crippen LogP contribution in [0.1, 0.15) is 5.69 Å². The van der Waals surface area contributed by atoms with Gasteiger partial charge in [-0.05, 0) is 28.9 Å². The fourth-order valence-electron chi connectivity index (χ4n) is 1.46. The van der Waals surface area contributed by atoms with Gasteiger partial charge in [0.1, 0.15) is 5.82 Å². The van der Waals surface area contributed by atoms with Gasteiger partial charge < -0.3 is 5.73 Å². The van der Waals surface area contributed by atoms with Gasteiger partial charge in [0.15, 0.2) is 0 Å². The quantitative estimate of drug-likeness (QED) is 0.681. The molecule has 2 aromatic rings. The summed E-state index contributed by atoms with van der Waals surface area (Å²) in [5.41, 5.74) is 7.14.